The predicted molar refractivity (Wildman–Crippen MR) is 68.7 cm³/mol. The predicted octanol–water partition coefficient (Wildman–Crippen LogP) is 2.49. The molecule has 0 fully saturated rings. The summed E-state index contributed by atoms with van der Waals surface area (Å²) in [5.41, 5.74) is 1.43. The van der Waals surface area contributed by atoms with Crippen molar-refractivity contribution in [2.45, 2.75) is 19.8 Å². The van der Waals surface area contributed by atoms with Crippen molar-refractivity contribution in [2.75, 3.05) is 26.8 Å². The summed E-state index contributed by atoms with van der Waals surface area (Å²) in [5.74, 6) is 0.599. The minimum absolute atomic E-state index is 0.599. The summed E-state index contributed by atoms with van der Waals surface area (Å²) < 4.78 is 5.09. The van der Waals surface area contributed by atoms with Crippen LogP contribution in [-0.2, 0) is 11.2 Å². The number of hydrogen-bond donors (Lipinski definition) is 1. The van der Waals surface area contributed by atoms with Crippen LogP contribution in [0, 0.1) is 5.92 Å². The first-order valence-corrected chi connectivity index (χ1v) is 6.06. The maximum absolute atomic E-state index is 5.09. The Morgan fingerprint density at radius 3 is 2.69 bits per heavy atom. The summed E-state index contributed by atoms with van der Waals surface area (Å²) in [6, 6.07) is 10.6. The Kier molecular flexibility index (Phi) is 6.86. The van der Waals surface area contributed by atoms with Crippen LogP contribution in [0.5, 0.6) is 0 Å². The van der Waals surface area contributed by atoms with Crippen LogP contribution in [0.2, 0.25) is 0 Å². The summed E-state index contributed by atoms with van der Waals surface area (Å²) in [6.45, 7) is 5.17. The van der Waals surface area contributed by atoms with E-state index in [-0.39, 0.29) is 0 Å². The third-order valence-corrected chi connectivity index (χ3v) is 2.61. The van der Waals surface area contributed by atoms with Crippen molar-refractivity contribution in [3.05, 3.63) is 35.9 Å². The lowest BCUT2D eigenvalue weighted by Gasteiger charge is -2.11. The summed E-state index contributed by atoms with van der Waals surface area (Å²) >= 11 is 0. The van der Waals surface area contributed by atoms with Crippen LogP contribution in [0.15, 0.2) is 30.3 Å². The summed E-state index contributed by atoms with van der Waals surface area (Å²) in [4.78, 5) is 0. The second-order valence-corrected chi connectivity index (χ2v) is 4.35. The SMILES string of the molecule is COCC(C)CNCCCc1ccccc1. The second-order valence-electron chi connectivity index (χ2n) is 4.35. The number of hydrogen-bond acceptors (Lipinski definition) is 2. The van der Waals surface area contributed by atoms with Gasteiger partial charge in [0, 0.05) is 13.7 Å². The van der Waals surface area contributed by atoms with Crippen molar-refractivity contribution in [2.24, 2.45) is 5.92 Å². The number of nitrogens with one attached hydrogen (secondary N) is 1. The fourth-order valence-electron chi connectivity index (χ4n) is 1.75. The Bertz CT molecular complexity index is 261. The van der Waals surface area contributed by atoms with Gasteiger partial charge in [-0.3, -0.25) is 0 Å². The van der Waals surface area contributed by atoms with E-state index in [4.69, 9.17) is 4.74 Å². The smallest absolute Gasteiger partial charge is 0.0499 e. The van der Waals surface area contributed by atoms with E-state index in [2.05, 4.69) is 42.6 Å². The van der Waals surface area contributed by atoms with Crippen LogP contribution in [-0.4, -0.2) is 26.8 Å². The first kappa shape index (κ1) is 13.2. The van der Waals surface area contributed by atoms with E-state index < -0.39 is 0 Å². The van der Waals surface area contributed by atoms with E-state index >= 15 is 0 Å². The molecule has 0 aromatic heterocycles. The Morgan fingerprint density at radius 1 is 1.25 bits per heavy atom. The highest BCUT2D eigenvalue weighted by Gasteiger charge is 1.99. The number of rotatable bonds is 8. The molecule has 0 aliphatic carbocycles. The summed E-state index contributed by atoms with van der Waals surface area (Å²) in [6.07, 6.45) is 2.36. The van der Waals surface area contributed by atoms with Gasteiger partial charge in [-0.05, 0) is 37.4 Å². The molecular weight excluding hydrogens is 198 g/mol. The van der Waals surface area contributed by atoms with Crippen LogP contribution in [0.25, 0.3) is 0 Å². The third kappa shape index (κ3) is 5.89. The topological polar surface area (TPSA) is 21.3 Å². The molecule has 1 aromatic carbocycles. The monoisotopic (exact) mass is 221 g/mol. The molecule has 0 bridgehead atoms. The molecule has 0 radical (unpaired) electrons. The standard InChI is InChI=1S/C14H23NO/c1-13(12-16-2)11-15-10-6-9-14-7-4-3-5-8-14/h3-5,7-8,13,15H,6,9-12H2,1-2H3. The lowest BCUT2D eigenvalue weighted by atomic mass is 10.1. The maximum atomic E-state index is 5.09. The Morgan fingerprint density at radius 2 is 2.00 bits per heavy atom. The maximum Gasteiger partial charge on any atom is 0.0499 e. The van der Waals surface area contributed by atoms with Gasteiger partial charge < -0.3 is 10.1 Å². The number of benzene rings is 1. The number of aryl methyl sites for hydroxylation is 1. The van der Waals surface area contributed by atoms with Gasteiger partial charge in [-0.1, -0.05) is 37.3 Å². The first-order valence-electron chi connectivity index (χ1n) is 6.06. The first-order chi connectivity index (χ1) is 7.83. The highest BCUT2D eigenvalue weighted by Crippen LogP contribution is 2.01. The van der Waals surface area contributed by atoms with Crippen molar-refractivity contribution < 1.29 is 4.74 Å². The second kappa shape index (κ2) is 8.31. The lowest BCUT2D eigenvalue weighted by molar-refractivity contribution is 0.158. The molecule has 0 aliphatic heterocycles. The molecule has 1 rings (SSSR count). The van der Waals surface area contributed by atoms with Crippen molar-refractivity contribution in [1.82, 2.24) is 5.32 Å². The molecule has 16 heavy (non-hydrogen) atoms. The molecule has 2 heteroatoms. The minimum atomic E-state index is 0.599. The van der Waals surface area contributed by atoms with E-state index in [0.29, 0.717) is 5.92 Å². The molecule has 0 amide bonds. The fourth-order valence-corrected chi connectivity index (χ4v) is 1.75. The van der Waals surface area contributed by atoms with E-state index in [0.717, 1.165) is 26.1 Å². The molecule has 1 unspecified atom stereocenters. The van der Waals surface area contributed by atoms with Gasteiger partial charge in [-0.25, -0.2) is 0 Å². The van der Waals surface area contributed by atoms with Gasteiger partial charge in [0.25, 0.3) is 0 Å². The van der Waals surface area contributed by atoms with E-state index in [1.54, 1.807) is 7.11 Å². The van der Waals surface area contributed by atoms with Crippen LogP contribution in [0.1, 0.15) is 18.9 Å². The van der Waals surface area contributed by atoms with Crippen LogP contribution in [0.4, 0.5) is 0 Å². The quantitative estimate of drug-likeness (QED) is 0.681. The van der Waals surface area contributed by atoms with Gasteiger partial charge >= 0.3 is 0 Å². The molecule has 0 aliphatic rings. The zero-order valence-electron chi connectivity index (χ0n) is 10.4. The van der Waals surface area contributed by atoms with Gasteiger partial charge in [0.2, 0.25) is 0 Å². The summed E-state index contributed by atoms with van der Waals surface area (Å²) in [7, 11) is 1.76. The molecule has 0 saturated carbocycles. The molecule has 90 valence electrons. The van der Waals surface area contributed by atoms with Gasteiger partial charge in [-0.2, -0.15) is 0 Å². The zero-order chi connectivity index (χ0) is 11.6. The molecular formula is C14H23NO. The molecule has 2 nitrogen and oxygen atoms in total. The van der Waals surface area contributed by atoms with Crippen molar-refractivity contribution in [1.29, 1.82) is 0 Å². The van der Waals surface area contributed by atoms with Crippen LogP contribution >= 0.6 is 0 Å². The molecule has 1 N–H and O–H groups in total. The average Bonchev–Trinajstić information content (AvgIpc) is 2.30. The zero-order valence-corrected chi connectivity index (χ0v) is 10.4. The average molecular weight is 221 g/mol. The number of ether oxygens (including phenoxy) is 1. The van der Waals surface area contributed by atoms with Gasteiger partial charge in [0.15, 0.2) is 0 Å². The molecule has 0 heterocycles. The summed E-state index contributed by atoms with van der Waals surface area (Å²) in [5, 5.41) is 3.46. The van der Waals surface area contributed by atoms with Gasteiger partial charge in [0.1, 0.15) is 0 Å². The van der Waals surface area contributed by atoms with E-state index in [1.165, 1.54) is 12.0 Å². The molecule has 1 aromatic rings. The highest BCUT2D eigenvalue weighted by molar-refractivity contribution is 5.14. The fraction of sp³-hybridized carbons (Fsp3) is 0.571. The minimum Gasteiger partial charge on any atom is -0.384 e. The highest BCUT2D eigenvalue weighted by atomic mass is 16.5. The van der Waals surface area contributed by atoms with Crippen molar-refractivity contribution >= 4 is 0 Å². The lowest BCUT2D eigenvalue weighted by Crippen LogP contribution is -2.24. The van der Waals surface area contributed by atoms with Crippen LogP contribution < -0.4 is 5.32 Å². The van der Waals surface area contributed by atoms with Gasteiger partial charge in [-0.15, -0.1) is 0 Å². The molecule has 0 saturated heterocycles. The largest absolute Gasteiger partial charge is 0.384 e. The molecule has 1 atom stereocenters. The Balaban J connectivity index is 2.00. The van der Waals surface area contributed by atoms with E-state index in [9.17, 15) is 0 Å². The van der Waals surface area contributed by atoms with Crippen molar-refractivity contribution in [3.63, 3.8) is 0 Å². The third-order valence-electron chi connectivity index (χ3n) is 2.61. The van der Waals surface area contributed by atoms with Crippen molar-refractivity contribution in [3.8, 4) is 0 Å². The normalized spacial score (nSPS) is 12.6. The Labute approximate surface area is 99.0 Å². The van der Waals surface area contributed by atoms with Gasteiger partial charge in [0.05, 0.1) is 0 Å². The number of methoxy groups -OCH3 is 1. The van der Waals surface area contributed by atoms with Crippen LogP contribution in [0.3, 0.4) is 0 Å². The molecule has 0 spiro atoms. The Hall–Kier alpha value is -0.860. The van der Waals surface area contributed by atoms with E-state index in [1.807, 2.05) is 0 Å².